The van der Waals surface area contributed by atoms with Gasteiger partial charge < -0.3 is 19.7 Å². The third kappa shape index (κ3) is 4.36. The van der Waals surface area contributed by atoms with Crippen LogP contribution >= 0.6 is 8.18 Å². The fraction of sp³-hybridized carbons (Fsp3) is 0.636. The van der Waals surface area contributed by atoms with Gasteiger partial charge in [0.2, 0.25) is 5.88 Å². The van der Waals surface area contributed by atoms with Gasteiger partial charge >= 0.3 is 5.69 Å². The molecule has 0 aliphatic carbocycles. The third-order valence-electron chi connectivity index (χ3n) is 2.92. The lowest BCUT2D eigenvalue weighted by atomic mass is 10.3. The molecule has 1 aromatic heterocycles. The van der Waals surface area contributed by atoms with Gasteiger partial charge in [-0.25, -0.2) is 9.46 Å². The lowest BCUT2D eigenvalue weighted by Crippen LogP contribution is -2.46. The van der Waals surface area contributed by atoms with E-state index in [2.05, 4.69) is 10.3 Å². The van der Waals surface area contributed by atoms with Crippen LogP contribution in [0.5, 0.6) is 5.88 Å². The average molecular weight is 318 g/mol. The Morgan fingerprint density at radius 3 is 3.05 bits per heavy atom. The number of nitrogens with zero attached hydrogens (tertiary/aromatic N) is 3. The van der Waals surface area contributed by atoms with E-state index in [-0.39, 0.29) is 18.6 Å². The minimum atomic E-state index is -2.24. The van der Waals surface area contributed by atoms with Crippen LogP contribution in [0.4, 0.5) is 0 Å². The molecule has 9 nitrogen and oxygen atoms in total. The zero-order valence-electron chi connectivity index (χ0n) is 11.9. The van der Waals surface area contributed by atoms with Crippen molar-refractivity contribution in [2.45, 2.75) is 12.3 Å². The van der Waals surface area contributed by atoms with Crippen LogP contribution in [-0.2, 0) is 13.8 Å². The van der Waals surface area contributed by atoms with Crippen LogP contribution in [0.25, 0.3) is 0 Å². The summed E-state index contributed by atoms with van der Waals surface area (Å²) in [6.45, 7) is 1.14. The lowest BCUT2D eigenvalue weighted by Gasteiger charge is -2.31. The minimum Gasteiger partial charge on any atom is -0.493 e. The molecule has 0 amide bonds. The molecule has 1 saturated heterocycles. The molecular weight excluding hydrogens is 299 g/mol. The third-order valence-corrected chi connectivity index (χ3v) is 4.07. The van der Waals surface area contributed by atoms with Gasteiger partial charge in [0, 0.05) is 25.4 Å². The van der Waals surface area contributed by atoms with E-state index in [4.69, 9.17) is 14.4 Å². The molecule has 1 aromatic rings. The van der Waals surface area contributed by atoms with Crippen molar-refractivity contribution >= 4 is 8.18 Å². The van der Waals surface area contributed by atoms with E-state index in [1.54, 1.807) is 14.1 Å². The lowest BCUT2D eigenvalue weighted by molar-refractivity contribution is -0.0929. The maximum Gasteiger partial charge on any atom is 0.353 e. The van der Waals surface area contributed by atoms with Gasteiger partial charge in [-0.1, -0.05) is 0 Å². The van der Waals surface area contributed by atoms with Gasteiger partial charge in [-0.15, -0.1) is 0 Å². The molecule has 1 aliphatic rings. The number of hydrogen-bond donors (Lipinski definition) is 2. The average Bonchev–Trinajstić information content (AvgIpc) is 2.45. The summed E-state index contributed by atoms with van der Waals surface area (Å²) in [5.41, 5.74) is -0.592. The first kappa shape index (κ1) is 16.1. The SMILES string of the molecule is CN(C)[PH](=O)OC[C@@H]1CNC[C@H](n2ccc(O)nc2=O)O1. The molecule has 1 fully saturated rings. The molecule has 10 heteroatoms. The van der Waals surface area contributed by atoms with Crippen LogP contribution in [0, 0.1) is 0 Å². The van der Waals surface area contributed by atoms with Crippen LogP contribution in [0.3, 0.4) is 0 Å². The molecule has 0 spiro atoms. The van der Waals surface area contributed by atoms with Crippen LogP contribution in [0.1, 0.15) is 6.23 Å². The maximum atomic E-state index is 11.7. The Hall–Kier alpha value is -1.25. The van der Waals surface area contributed by atoms with Gasteiger partial charge in [0.1, 0.15) is 0 Å². The Morgan fingerprint density at radius 1 is 1.62 bits per heavy atom. The monoisotopic (exact) mass is 318 g/mol. The smallest absolute Gasteiger partial charge is 0.353 e. The predicted molar refractivity (Wildman–Crippen MR) is 75.6 cm³/mol. The van der Waals surface area contributed by atoms with Gasteiger partial charge in [-0.05, 0) is 14.1 Å². The summed E-state index contributed by atoms with van der Waals surface area (Å²) in [5.74, 6) is -0.329. The summed E-state index contributed by atoms with van der Waals surface area (Å²) >= 11 is 0. The van der Waals surface area contributed by atoms with Crippen molar-refractivity contribution in [3.63, 3.8) is 0 Å². The summed E-state index contributed by atoms with van der Waals surface area (Å²) in [6.07, 6.45) is 0.552. The van der Waals surface area contributed by atoms with Crippen molar-refractivity contribution in [3.05, 3.63) is 22.7 Å². The van der Waals surface area contributed by atoms with Crippen molar-refractivity contribution in [2.75, 3.05) is 33.8 Å². The van der Waals surface area contributed by atoms with Gasteiger partial charge in [-0.3, -0.25) is 9.13 Å². The summed E-state index contributed by atoms with van der Waals surface area (Å²) < 4.78 is 25.3. The highest BCUT2D eigenvalue weighted by Gasteiger charge is 2.25. The highest BCUT2D eigenvalue weighted by atomic mass is 31.1. The summed E-state index contributed by atoms with van der Waals surface area (Å²) in [7, 11) is 1.11. The first-order valence-corrected chi connectivity index (χ1v) is 7.72. The molecule has 1 aliphatic heterocycles. The van der Waals surface area contributed by atoms with Crippen LogP contribution in [-0.4, -0.2) is 59.2 Å². The van der Waals surface area contributed by atoms with E-state index in [0.717, 1.165) is 0 Å². The maximum absolute atomic E-state index is 11.7. The number of hydrogen-bond acceptors (Lipinski definition) is 7. The van der Waals surface area contributed by atoms with E-state index < -0.39 is 20.1 Å². The Labute approximate surface area is 122 Å². The number of aromatic hydroxyl groups is 1. The summed E-state index contributed by atoms with van der Waals surface area (Å²) in [6, 6.07) is 1.32. The molecule has 2 N–H and O–H groups in total. The Morgan fingerprint density at radius 2 is 2.38 bits per heavy atom. The molecule has 118 valence electrons. The van der Waals surface area contributed by atoms with Crippen molar-refractivity contribution in [1.29, 1.82) is 0 Å². The zero-order chi connectivity index (χ0) is 15.4. The second-order valence-electron chi connectivity index (χ2n) is 4.82. The van der Waals surface area contributed by atoms with Crippen molar-refractivity contribution < 1.29 is 18.9 Å². The Balaban J connectivity index is 1.97. The zero-order valence-corrected chi connectivity index (χ0v) is 12.9. The summed E-state index contributed by atoms with van der Waals surface area (Å²) in [4.78, 5) is 15.1. The standard InChI is InChI=1S/C11H19N4O5P/c1-14(2)21(18)19-7-8-5-12-6-10(20-8)15-4-3-9(16)13-11(15)17/h3-4,8,10,12,21H,5-7H2,1-2H3,(H,13,16,17)/t8-,10+/m0/s1. The topological polar surface area (TPSA) is 106 Å². The largest absolute Gasteiger partial charge is 0.493 e. The van der Waals surface area contributed by atoms with Crippen LogP contribution in [0.15, 0.2) is 17.1 Å². The van der Waals surface area contributed by atoms with Gasteiger partial charge in [0.25, 0.3) is 8.18 Å². The van der Waals surface area contributed by atoms with E-state index in [0.29, 0.717) is 13.1 Å². The number of rotatable bonds is 5. The Kier molecular flexibility index (Phi) is 5.49. The molecule has 3 atom stereocenters. The van der Waals surface area contributed by atoms with E-state index in [9.17, 15) is 9.36 Å². The van der Waals surface area contributed by atoms with Crippen LogP contribution < -0.4 is 11.0 Å². The fourth-order valence-corrected chi connectivity index (χ4v) is 2.45. The molecule has 2 rings (SSSR count). The van der Waals surface area contributed by atoms with Gasteiger partial charge in [-0.2, -0.15) is 4.98 Å². The normalized spacial score (nSPS) is 24.1. The van der Waals surface area contributed by atoms with Crippen molar-refractivity contribution in [2.24, 2.45) is 0 Å². The van der Waals surface area contributed by atoms with Gasteiger partial charge in [0.05, 0.1) is 12.7 Å². The molecule has 0 radical (unpaired) electrons. The van der Waals surface area contributed by atoms with Crippen LogP contribution in [0.2, 0.25) is 0 Å². The quantitative estimate of drug-likeness (QED) is 0.694. The van der Waals surface area contributed by atoms with E-state index in [1.807, 2.05) is 0 Å². The molecule has 0 bridgehead atoms. The Bertz CT molecular complexity index is 564. The first-order chi connectivity index (χ1) is 9.97. The summed E-state index contributed by atoms with van der Waals surface area (Å²) in [5, 5.41) is 12.3. The van der Waals surface area contributed by atoms with Crippen molar-refractivity contribution in [3.8, 4) is 5.88 Å². The number of aromatic nitrogens is 2. The second-order valence-corrected chi connectivity index (χ2v) is 6.53. The van der Waals surface area contributed by atoms with E-state index >= 15 is 0 Å². The van der Waals surface area contributed by atoms with Gasteiger partial charge in [0.15, 0.2) is 6.23 Å². The first-order valence-electron chi connectivity index (χ1n) is 6.46. The molecule has 21 heavy (non-hydrogen) atoms. The molecule has 2 heterocycles. The number of morpholine rings is 1. The minimum absolute atomic E-state index is 0.166. The van der Waals surface area contributed by atoms with Crippen molar-refractivity contribution in [1.82, 2.24) is 19.5 Å². The number of nitrogens with one attached hydrogen (secondary N) is 1. The molecular formula is C11H19N4O5P. The molecule has 1 unspecified atom stereocenters. The predicted octanol–water partition coefficient (Wildman–Crippen LogP) is -0.596. The van der Waals surface area contributed by atoms with E-state index in [1.165, 1.54) is 21.5 Å². The highest BCUT2D eigenvalue weighted by Crippen LogP contribution is 2.25. The molecule has 0 saturated carbocycles. The molecule has 0 aromatic carbocycles. The number of ether oxygens (including phenoxy) is 1. The fourth-order valence-electron chi connectivity index (χ4n) is 1.86. The highest BCUT2D eigenvalue weighted by molar-refractivity contribution is 7.36. The second kappa shape index (κ2) is 7.15.